The summed E-state index contributed by atoms with van der Waals surface area (Å²) in [5, 5.41) is 4.08. The molecule has 1 atom stereocenters. The van der Waals surface area contributed by atoms with E-state index in [1.54, 1.807) is 6.20 Å². The quantitative estimate of drug-likeness (QED) is 0.737. The van der Waals surface area contributed by atoms with Crippen molar-refractivity contribution in [3.63, 3.8) is 0 Å². The lowest BCUT2D eigenvalue weighted by Gasteiger charge is -2.07. The molecule has 0 amide bonds. The SMILES string of the molecule is O=S(O)c1cnn(C2CCCC2)c1. The summed E-state index contributed by atoms with van der Waals surface area (Å²) in [5.74, 6) is 0. The van der Waals surface area contributed by atoms with Crippen molar-refractivity contribution in [1.82, 2.24) is 9.78 Å². The fourth-order valence-electron chi connectivity index (χ4n) is 1.78. The predicted octanol–water partition coefficient (Wildman–Crippen LogP) is 1.58. The molecule has 0 bridgehead atoms. The van der Waals surface area contributed by atoms with Crippen molar-refractivity contribution in [3.8, 4) is 0 Å². The van der Waals surface area contributed by atoms with Crippen LogP contribution in [0.3, 0.4) is 0 Å². The second kappa shape index (κ2) is 3.59. The van der Waals surface area contributed by atoms with E-state index >= 15 is 0 Å². The molecular formula is C8H12N2O2S. The second-order valence-corrected chi connectivity index (χ2v) is 4.31. The standard InChI is InChI=1S/C8H12N2O2S/c11-13(12)8-5-9-10(6-8)7-3-1-2-4-7/h5-7H,1-4H2,(H,11,12). The summed E-state index contributed by atoms with van der Waals surface area (Å²) >= 11 is -1.89. The van der Waals surface area contributed by atoms with Gasteiger partial charge in [-0.15, -0.1) is 0 Å². The average Bonchev–Trinajstić information content (AvgIpc) is 2.75. The van der Waals surface area contributed by atoms with Crippen LogP contribution >= 0.6 is 0 Å². The van der Waals surface area contributed by atoms with Gasteiger partial charge in [-0.25, -0.2) is 4.21 Å². The average molecular weight is 200 g/mol. The summed E-state index contributed by atoms with van der Waals surface area (Å²) in [5.41, 5.74) is 0. The Labute approximate surface area is 79.2 Å². The van der Waals surface area contributed by atoms with Crippen LogP contribution in [0.4, 0.5) is 0 Å². The van der Waals surface area contributed by atoms with Gasteiger partial charge in [-0.05, 0) is 12.8 Å². The molecule has 1 fully saturated rings. The molecule has 1 aliphatic rings. The zero-order valence-electron chi connectivity index (χ0n) is 7.22. The molecule has 1 aromatic heterocycles. The van der Waals surface area contributed by atoms with Crippen LogP contribution in [-0.4, -0.2) is 18.5 Å². The minimum absolute atomic E-state index is 0.395. The second-order valence-electron chi connectivity index (χ2n) is 3.34. The van der Waals surface area contributed by atoms with E-state index in [0.717, 1.165) is 12.8 Å². The van der Waals surface area contributed by atoms with Crippen molar-refractivity contribution in [1.29, 1.82) is 0 Å². The maximum Gasteiger partial charge on any atom is 0.189 e. The summed E-state index contributed by atoms with van der Waals surface area (Å²) in [6.07, 6.45) is 7.89. The van der Waals surface area contributed by atoms with Gasteiger partial charge in [0, 0.05) is 6.20 Å². The molecule has 1 aromatic rings. The molecule has 0 aliphatic heterocycles. The van der Waals surface area contributed by atoms with Crippen molar-refractivity contribution in [2.24, 2.45) is 0 Å². The number of rotatable bonds is 2. The van der Waals surface area contributed by atoms with Crippen molar-refractivity contribution in [2.45, 2.75) is 36.6 Å². The zero-order chi connectivity index (χ0) is 9.26. The molecule has 5 heteroatoms. The predicted molar refractivity (Wildman–Crippen MR) is 48.8 cm³/mol. The number of hydrogen-bond donors (Lipinski definition) is 1. The third-order valence-corrected chi connectivity index (χ3v) is 3.09. The fourth-order valence-corrected chi connectivity index (χ4v) is 2.11. The topological polar surface area (TPSA) is 55.1 Å². The van der Waals surface area contributed by atoms with Crippen molar-refractivity contribution in [3.05, 3.63) is 12.4 Å². The van der Waals surface area contributed by atoms with E-state index in [4.69, 9.17) is 4.55 Å². The largest absolute Gasteiger partial charge is 0.302 e. The number of aromatic nitrogens is 2. The minimum Gasteiger partial charge on any atom is -0.302 e. The Kier molecular flexibility index (Phi) is 2.46. The Morgan fingerprint density at radius 3 is 2.77 bits per heavy atom. The summed E-state index contributed by atoms with van der Waals surface area (Å²) in [4.78, 5) is 0.395. The van der Waals surface area contributed by atoms with Gasteiger partial charge >= 0.3 is 0 Å². The first-order valence-electron chi connectivity index (χ1n) is 4.42. The summed E-state index contributed by atoms with van der Waals surface area (Å²) in [7, 11) is 0. The summed E-state index contributed by atoms with van der Waals surface area (Å²) < 4.78 is 21.3. The smallest absolute Gasteiger partial charge is 0.189 e. The highest BCUT2D eigenvalue weighted by atomic mass is 32.2. The lowest BCUT2D eigenvalue weighted by molar-refractivity contribution is 0.466. The van der Waals surface area contributed by atoms with Crippen molar-refractivity contribution in [2.75, 3.05) is 0 Å². The highest BCUT2D eigenvalue weighted by molar-refractivity contribution is 7.79. The molecule has 1 heterocycles. The molecule has 0 radical (unpaired) electrons. The molecule has 1 N–H and O–H groups in total. The third-order valence-electron chi connectivity index (χ3n) is 2.48. The zero-order valence-corrected chi connectivity index (χ0v) is 8.04. The molecular weight excluding hydrogens is 188 g/mol. The molecule has 0 spiro atoms. The van der Waals surface area contributed by atoms with Gasteiger partial charge < -0.3 is 4.55 Å². The summed E-state index contributed by atoms with van der Waals surface area (Å²) in [6.45, 7) is 0. The molecule has 1 aliphatic carbocycles. The normalized spacial score (nSPS) is 20.7. The van der Waals surface area contributed by atoms with Gasteiger partial charge in [-0.2, -0.15) is 5.10 Å². The van der Waals surface area contributed by atoms with Gasteiger partial charge in [0.15, 0.2) is 11.1 Å². The Hall–Kier alpha value is -0.680. The van der Waals surface area contributed by atoms with Gasteiger partial charge in [0.05, 0.1) is 12.2 Å². The molecule has 2 rings (SSSR count). The first-order valence-corrected chi connectivity index (χ1v) is 5.53. The monoisotopic (exact) mass is 200 g/mol. The molecule has 72 valence electrons. The number of nitrogens with zero attached hydrogens (tertiary/aromatic N) is 2. The van der Waals surface area contributed by atoms with Crippen LogP contribution < -0.4 is 0 Å². The lowest BCUT2D eigenvalue weighted by atomic mass is 10.3. The van der Waals surface area contributed by atoms with E-state index < -0.39 is 11.1 Å². The lowest BCUT2D eigenvalue weighted by Crippen LogP contribution is -2.04. The van der Waals surface area contributed by atoms with Crippen LogP contribution in [0.15, 0.2) is 17.3 Å². The molecule has 0 aromatic carbocycles. The van der Waals surface area contributed by atoms with E-state index in [1.165, 1.54) is 19.0 Å². The third kappa shape index (κ3) is 1.81. The van der Waals surface area contributed by atoms with Crippen LogP contribution in [0.2, 0.25) is 0 Å². The first kappa shape index (κ1) is 8.90. The van der Waals surface area contributed by atoms with Crippen molar-refractivity contribution >= 4 is 11.1 Å². The number of hydrogen-bond acceptors (Lipinski definition) is 2. The van der Waals surface area contributed by atoms with Gasteiger partial charge in [0.1, 0.15) is 4.90 Å². The Morgan fingerprint density at radius 2 is 2.23 bits per heavy atom. The Balaban J connectivity index is 2.16. The van der Waals surface area contributed by atoms with E-state index in [1.807, 2.05) is 4.68 Å². The Morgan fingerprint density at radius 1 is 1.54 bits per heavy atom. The van der Waals surface area contributed by atoms with Gasteiger partial charge in [0.25, 0.3) is 0 Å². The maximum absolute atomic E-state index is 10.7. The summed E-state index contributed by atoms with van der Waals surface area (Å²) in [6, 6.07) is 0.442. The van der Waals surface area contributed by atoms with Gasteiger partial charge in [-0.1, -0.05) is 12.8 Å². The van der Waals surface area contributed by atoms with Crippen LogP contribution in [0.1, 0.15) is 31.7 Å². The van der Waals surface area contributed by atoms with Gasteiger partial charge in [-0.3, -0.25) is 4.68 Å². The fraction of sp³-hybridized carbons (Fsp3) is 0.625. The minimum atomic E-state index is -1.89. The molecule has 1 saturated carbocycles. The maximum atomic E-state index is 10.7. The van der Waals surface area contributed by atoms with E-state index in [9.17, 15) is 4.21 Å². The highest BCUT2D eigenvalue weighted by Crippen LogP contribution is 2.28. The van der Waals surface area contributed by atoms with Crippen LogP contribution in [0.5, 0.6) is 0 Å². The molecule has 0 saturated heterocycles. The first-order chi connectivity index (χ1) is 6.27. The van der Waals surface area contributed by atoms with E-state index in [2.05, 4.69) is 5.10 Å². The van der Waals surface area contributed by atoms with E-state index in [-0.39, 0.29) is 0 Å². The van der Waals surface area contributed by atoms with Crippen LogP contribution in [-0.2, 0) is 11.1 Å². The van der Waals surface area contributed by atoms with Crippen LogP contribution in [0, 0.1) is 0 Å². The molecule has 4 nitrogen and oxygen atoms in total. The van der Waals surface area contributed by atoms with E-state index in [0.29, 0.717) is 10.9 Å². The van der Waals surface area contributed by atoms with Crippen molar-refractivity contribution < 1.29 is 8.76 Å². The Bertz CT molecular complexity index is 318. The molecule has 13 heavy (non-hydrogen) atoms. The van der Waals surface area contributed by atoms with Crippen LogP contribution in [0.25, 0.3) is 0 Å². The molecule has 1 unspecified atom stereocenters. The van der Waals surface area contributed by atoms with Gasteiger partial charge in [0.2, 0.25) is 0 Å². The highest BCUT2D eigenvalue weighted by Gasteiger charge is 2.18.